The number of hydrogen-bond donors (Lipinski definition) is 3. The molecule has 1 aliphatic rings. The number of nitrogens with two attached hydrogens (primary N) is 1. The summed E-state index contributed by atoms with van der Waals surface area (Å²) in [6, 6.07) is 12.0. The molecule has 0 bridgehead atoms. The van der Waals surface area contributed by atoms with Crippen molar-refractivity contribution in [1.82, 2.24) is 10.3 Å². The van der Waals surface area contributed by atoms with E-state index < -0.39 is 11.9 Å². The number of primary amides is 1. The molecule has 1 aromatic carbocycles. The highest BCUT2D eigenvalue weighted by Gasteiger charge is 2.22. The number of aromatic nitrogens is 1. The van der Waals surface area contributed by atoms with Gasteiger partial charge in [-0.3, -0.25) is 9.59 Å². The number of nitrogens with zero attached hydrogens (tertiary/aromatic N) is 1. The predicted octanol–water partition coefficient (Wildman–Crippen LogP) is 1.61. The lowest BCUT2D eigenvalue weighted by atomic mass is 10.1. The van der Waals surface area contributed by atoms with E-state index in [4.69, 9.17) is 5.73 Å². The molecule has 1 aliphatic carbocycles. The molecular formula is C17H18N4O2. The zero-order valence-electron chi connectivity index (χ0n) is 12.5. The lowest BCUT2D eigenvalue weighted by molar-refractivity contribution is -0.120. The van der Waals surface area contributed by atoms with E-state index in [1.165, 1.54) is 6.20 Å². The Morgan fingerprint density at radius 2 is 1.87 bits per heavy atom. The molecule has 0 aliphatic heterocycles. The predicted molar refractivity (Wildman–Crippen MR) is 86.7 cm³/mol. The molecule has 118 valence electrons. The Bertz CT molecular complexity index is 696. The van der Waals surface area contributed by atoms with E-state index in [9.17, 15) is 9.59 Å². The minimum Gasteiger partial charge on any atom is -0.368 e. The van der Waals surface area contributed by atoms with Gasteiger partial charge >= 0.3 is 0 Å². The van der Waals surface area contributed by atoms with Crippen LogP contribution < -0.4 is 16.4 Å². The first kappa shape index (κ1) is 15.0. The number of pyridine rings is 1. The Morgan fingerprint density at radius 1 is 1.13 bits per heavy atom. The van der Waals surface area contributed by atoms with Crippen molar-refractivity contribution in [3.05, 3.63) is 59.8 Å². The second kappa shape index (κ2) is 6.48. The van der Waals surface area contributed by atoms with Gasteiger partial charge in [0, 0.05) is 12.2 Å². The molecule has 2 aromatic rings. The molecule has 0 saturated heterocycles. The summed E-state index contributed by atoms with van der Waals surface area (Å²) < 4.78 is 0. The van der Waals surface area contributed by atoms with Gasteiger partial charge in [0.05, 0.1) is 5.56 Å². The van der Waals surface area contributed by atoms with Gasteiger partial charge in [-0.25, -0.2) is 4.98 Å². The van der Waals surface area contributed by atoms with Crippen LogP contribution in [0.15, 0.2) is 48.7 Å². The quantitative estimate of drug-likeness (QED) is 0.755. The average molecular weight is 310 g/mol. The highest BCUT2D eigenvalue weighted by Crippen LogP contribution is 2.23. The fraction of sp³-hybridized carbons (Fsp3) is 0.235. The zero-order valence-corrected chi connectivity index (χ0v) is 12.5. The van der Waals surface area contributed by atoms with Crippen LogP contribution in [0.5, 0.6) is 0 Å². The number of amides is 2. The molecular weight excluding hydrogens is 292 g/mol. The summed E-state index contributed by atoms with van der Waals surface area (Å²) in [6.07, 6.45) is 3.80. The second-order valence-corrected chi connectivity index (χ2v) is 5.57. The maximum atomic E-state index is 12.3. The monoisotopic (exact) mass is 310 g/mol. The van der Waals surface area contributed by atoms with Gasteiger partial charge in [0.1, 0.15) is 11.9 Å². The Hall–Kier alpha value is -2.89. The highest BCUT2D eigenvalue weighted by molar-refractivity contribution is 5.97. The van der Waals surface area contributed by atoms with E-state index in [1.807, 2.05) is 6.07 Å². The summed E-state index contributed by atoms with van der Waals surface area (Å²) >= 11 is 0. The lowest BCUT2D eigenvalue weighted by Crippen LogP contribution is -2.37. The van der Waals surface area contributed by atoms with Crippen LogP contribution in [-0.2, 0) is 4.79 Å². The molecule has 0 spiro atoms. The summed E-state index contributed by atoms with van der Waals surface area (Å²) in [7, 11) is 0. The average Bonchev–Trinajstić information content (AvgIpc) is 3.37. The number of carbonyl (C=O) groups excluding carboxylic acids is 2. The van der Waals surface area contributed by atoms with Crippen LogP contribution in [-0.4, -0.2) is 22.8 Å². The Labute approximate surface area is 134 Å². The molecule has 1 atom stereocenters. The smallest absolute Gasteiger partial charge is 0.253 e. The fourth-order valence-electron chi connectivity index (χ4n) is 2.23. The van der Waals surface area contributed by atoms with Crippen LogP contribution in [0.1, 0.15) is 34.8 Å². The Morgan fingerprint density at radius 3 is 2.43 bits per heavy atom. The molecule has 3 rings (SSSR count). The summed E-state index contributed by atoms with van der Waals surface area (Å²) in [5.74, 6) is -0.244. The minimum atomic E-state index is -0.868. The Balaban J connectivity index is 1.70. The second-order valence-electron chi connectivity index (χ2n) is 5.57. The third-order valence-corrected chi connectivity index (χ3v) is 3.65. The number of anilines is 1. The number of hydrogen-bond acceptors (Lipinski definition) is 4. The van der Waals surface area contributed by atoms with Crippen molar-refractivity contribution < 1.29 is 9.59 Å². The van der Waals surface area contributed by atoms with Crippen LogP contribution in [0, 0.1) is 0 Å². The third kappa shape index (κ3) is 3.85. The molecule has 4 N–H and O–H groups in total. The van der Waals surface area contributed by atoms with E-state index >= 15 is 0 Å². The standard InChI is InChI=1S/C17H18N4O2/c18-16(22)15(11-4-2-1-3-5-11)21-17(23)12-6-9-14(19-10-12)20-13-7-8-13/h1-6,9-10,13,15H,7-8H2,(H2,18,22)(H,19,20)(H,21,23)/t15-/m1/s1. The molecule has 1 saturated carbocycles. The molecule has 1 aromatic heterocycles. The first-order valence-electron chi connectivity index (χ1n) is 7.51. The van der Waals surface area contributed by atoms with E-state index in [0.29, 0.717) is 17.2 Å². The third-order valence-electron chi connectivity index (χ3n) is 3.65. The Kier molecular flexibility index (Phi) is 4.23. The molecule has 23 heavy (non-hydrogen) atoms. The molecule has 6 nitrogen and oxygen atoms in total. The van der Waals surface area contributed by atoms with Gasteiger partial charge in [-0.1, -0.05) is 30.3 Å². The van der Waals surface area contributed by atoms with Gasteiger partial charge in [-0.05, 0) is 30.5 Å². The van der Waals surface area contributed by atoms with Crippen LogP contribution in [0.4, 0.5) is 5.82 Å². The topological polar surface area (TPSA) is 97.1 Å². The normalized spacial score (nSPS) is 14.8. The highest BCUT2D eigenvalue weighted by atomic mass is 16.2. The summed E-state index contributed by atoms with van der Waals surface area (Å²) in [5, 5.41) is 5.90. The van der Waals surface area contributed by atoms with Crippen LogP contribution in [0.2, 0.25) is 0 Å². The summed E-state index contributed by atoms with van der Waals surface area (Å²) in [6.45, 7) is 0. The number of carbonyl (C=O) groups is 2. The maximum absolute atomic E-state index is 12.3. The van der Waals surface area contributed by atoms with Crippen LogP contribution >= 0.6 is 0 Å². The lowest BCUT2D eigenvalue weighted by Gasteiger charge is -2.16. The molecule has 1 fully saturated rings. The molecule has 0 radical (unpaired) electrons. The van der Waals surface area contributed by atoms with Gasteiger partial charge in [-0.2, -0.15) is 0 Å². The molecule has 6 heteroatoms. The van der Waals surface area contributed by atoms with E-state index in [1.54, 1.807) is 36.4 Å². The zero-order chi connectivity index (χ0) is 16.2. The van der Waals surface area contributed by atoms with Crippen molar-refractivity contribution in [3.63, 3.8) is 0 Å². The summed E-state index contributed by atoms with van der Waals surface area (Å²) in [4.78, 5) is 28.1. The fourth-order valence-corrected chi connectivity index (χ4v) is 2.23. The minimum absolute atomic E-state index is 0.383. The maximum Gasteiger partial charge on any atom is 0.253 e. The molecule has 1 heterocycles. The SMILES string of the molecule is NC(=O)[C@H](NC(=O)c1ccc(NC2CC2)nc1)c1ccccc1. The van der Waals surface area contributed by atoms with Crippen molar-refractivity contribution >= 4 is 17.6 Å². The first-order chi connectivity index (χ1) is 11.1. The molecule has 0 unspecified atom stereocenters. The van der Waals surface area contributed by atoms with Crippen molar-refractivity contribution in [3.8, 4) is 0 Å². The van der Waals surface area contributed by atoms with E-state index in [2.05, 4.69) is 15.6 Å². The number of rotatable bonds is 6. The first-order valence-corrected chi connectivity index (χ1v) is 7.51. The van der Waals surface area contributed by atoms with Crippen LogP contribution in [0.25, 0.3) is 0 Å². The molecule has 2 amide bonds. The van der Waals surface area contributed by atoms with Gasteiger partial charge in [0.25, 0.3) is 5.91 Å². The number of nitrogens with one attached hydrogen (secondary N) is 2. The van der Waals surface area contributed by atoms with Crippen molar-refractivity contribution in [2.24, 2.45) is 5.73 Å². The van der Waals surface area contributed by atoms with E-state index in [0.717, 1.165) is 18.7 Å². The van der Waals surface area contributed by atoms with Gasteiger partial charge in [-0.15, -0.1) is 0 Å². The van der Waals surface area contributed by atoms with Crippen molar-refractivity contribution in [2.75, 3.05) is 5.32 Å². The van der Waals surface area contributed by atoms with Crippen molar-refractivity contribution in [1.29, 1.82) is 0 Å². The van der Waals surface area contributed by atoms with Gasteiger partial charge in [0.15, 0.2) is 0 Å². The number of benzene rings is 1. The van der Waals surface area contributed by atoms with Gasteiger partial charge < -0.3 is 16.4 Å². The van der Waals surface area contributed by atoms with E-state index in [-0.39, 0.29) is 5.91 Å². The largest absolute Gasteiger partial charge is 0.368 e. The van der Waals surface area contributed by atoms with Gasteiger partial charge in [0.2, 0.25) is 5.91 Å². The van der Waals surface area contributed by atoms with Crippen LogP contribution in [0.3, 0.4) is 0 Å². The summed E-state index contributed by atoms with van der Waals surface area (Å²) in [5.41, 5.74) is 6.43. The van der Waals surface area contributed by atoms with Crippen molar-refractivity contribution in [2.45, 2.75) is 24.9 Å².